The highest BCUT2D eigenvalue weighted by atomic mass is 16.5. The van der Waals surface area contributed by atoms with E-state index in [0.717, 1.165) is 13.0 Å². The molecular weight excluding hydrogens is 240 g/mol. The van der Waals surface area contributed by atoms with Crippen LogP contribution in [-0.4, -0.2) is 48.8 Å². The Hall–Kier alpha value is -1.64. The van der Waals surface area contributed by atoms with Gasteiger partial charge in [-0.05, 0) is 32.6 Å². The number of nitrogens with one attached hydrogen (secondary N) is 1. The second-order valence-corrected chi connectivity index (χ2v) is 5.42. The van der Waals surface area contributed by atoms with Gasteiger partial charge in [-0.15, -0.1) is 0 Å². The predicted octanol–water partition coefficient (Wildman–Crippen LogP) is 1.08. The Morgan fingerprint density at radius 1 is 1.53 bits per heavy atom. The highest BCUT2D eigenvalue weighted by molar-refractivity contribution is 5.52. The summed E-state index contributed by atoms with van der Waals surface area (Å²) in [5.74, 6) is 1.22. The lowest BCUT2D eigenvalue weighted by Crippen LogP contribution is -2.66. The summed E-state index contributed by atoms with van der Waals surface area (Å²) in [5.41, 5.74) is 0.599. The third-order valence-electron chi connectivity index (χ3n) is 4.18. The number of nitrogens with zero attached hydrogens (tertiary/aromatic N) is 3. The molecule has 3 rings (SSSR count). The van der Waals surface area contributed by atoms with Crippen LogP contribution in [-0.2, 0) is 4.74 Å². The third-order valence-corrected chi connectivity index (χ3v) is 4.18. The number of anilines is 1. The number of hydrogen-bond donors (Lipinski definition) is 1. The average molecular weight is 258 g/mol. The smallest absolute Gasteiger partial charge is 0.144 e. The molecule has 0 bridgehead atoms. The zero-order valence-corrected chi connectivity index (χ0v) is 11.2. The van der Waals surface area contributed by atoms with Gasteiger partial charge in [0, 0.05) is 18.7 Å². The van der Waals surface area contributed by atoms with Crippen LogP contribution in [0.1, 0.15) is 12.0 Å². The van der Waals surface area contributed by atoms with E-state index in [9.17, 15) is 0 Å². The zero-order valence-electron chi connectivity index (χ0n) is 11.2. The molecular formula is C14H18N4O. The number of pyridine rings is 1. The van der Waals surface area contributed by atoms with Crippen LogP contribution < -0.4 is 5.32 Å². The lowest BCUT2D eigenvalue weighted by molar-refractivity contribution is -0.0516. The number of hydrogen-bond acceptors (Lipinski definition) is 5. The molecule has 0 aromatic carbocycles. The standard InChI is InChI=1S/C14H18N4O/c1-18(2)12-11(10-5-7-19-13(10)12)17-14-9(8-15)4-3-6-16-14/h3-4,6,10-13H,5,7H2,1-2H3,(H,16,17)/t10-,11+,12-,13-/m1/s1. The largest absolute Gasteiger partial charge is 0.376 e. The van der Waals surface area contributed by atoms with Gasteiger partial charge in [0.2, 0.25) is 0 Å². The number of nitriles is 1. The summed E-state index contributed by atoms with van der Waals surface area (Å²) in [7, 11) is 4.14. The van der Waals surface area contributed by atoms with Gasteiger partial charge in [-0.3, -0.25) is 0 Å². The van der Waals surface area contributed by atoms with Crippen molar-refractivity contribution in [3.05, 3.63) is 23.9 Å². The molecule has 2 heterocycles. The van der Waals surface area contributed by atoms with Crippen molar-refractivity contribution in [3.63, 3.8) is 0 Å². The molecule has 0 radical (unpaired) electrons. The lowest BCUT2D eigenvalue weighted by atomic mass is 9.71. The van der Waals surface area contributed by atoms with Crippen LogP contribution in [0, 0.1) is 17.2 Å². The maximum atomic E-state index is 9.12. The van der Waals surface area contributed by atoms with Gasteiger partial charge in [0.1, 0.15) is 11.9 Å². The van der Waals surface area contributed by atoms with Gasteiger partial charge in [-0.2, -0.15) is 5.26 Å². The predicted molar refractivity (Wildman–Crippen MR) is 71.7 cm³/mol. The van der Waals surface area contributed by atoms with Crippen molar-refractivity contribution in [2.75, 3.05) is 26.0 Å². The number of ether oxygens (including phenoxy) is 1. The van der Waals surface area contributed by atoms with E-state index in [1.165, 1.54) is 0 Å². The van der Waals surface area contributed by atoms with Gasteiger partial charge < -0.3 is 15.0 Å². The van der Waals surface area contributed by atoms with E-state index in [-0.39, 0.29) is 0 Å². The molecule has 2 fully saturated rings. The fourth-order valence-electron chi connectivity index (χ4n) is 3.25. The van der Waals surface area contributed by atoms with E-state index < -0.39 is 0 Å². The highest BCUT2D eigenvalue weighted by Gasteiger charge is 2.55. The summed E-state index contributed by atoms with van der Waals surface area (Å²) in [5, 5.41) is 12.6. The van der Waals surface area contributed by atoms with Crippen molar-refractivity contribution in [3.8, 4) is 6.07 Å². The SMILES string of the molecule is CN(C)[C@@H]1[C@@H](Nc2ncccc2C#N)[C@H]2CCO[C@H]21. The first-order chi connectivity index (χ1) is 9.22. The third kappa shape index (κ3) is 1.97. The van der Waals surface area contributed by atoms with Crippen molar-refractivity contribution in [2.24, 2.45) is 5.92 Å². The molecule has 1 N–H and O–H groups in total. The normalized spacial score (nSPS) is 32.5. The summed E-state index contributed by atoms with van der Waals surface area (Å²) in [6, 6.07) is 6.42. The molecule has 0 amide bonds. The summed E-state index contributed by atoms with van der Waals surface area (Å²) in [6.45, 7) is 0.838. The van der Waals surface area contributed by atoms with Crippen molar-refractivity contribution >= 4 is 5.82 Å². The fourth-order valence-corrected chi connectivity index (χ4v) is 3.25. The molecule has 1 aromatic heterocycles. The van der Waals surface area contributed by atoms with Crippen molar-refractivity contribution in [1.82, 2.24) is 9.88 Å². The van der Waals surface area contributed by atoms with Crippen LogP contribution in [0.5, 0.6) is 0 Å². The Balaban J connectivity index is 1.80. The van der Waals surface area contributed by atoms with E-state index in [0.29, 0.717) is 35.5 Å². The summed E-state index contributed by atoms with van der Waals surface area (Å²) in [6.07, 6.45) is 3.12. The molecule has 1 aromatic rings. The Morgan fingerprint density at radius 2 is 2.37 bits per heavy atom. The Labute approximate surface area is 113 Å². The number of likely N-dealkylation sites (N-methyl/N-ethyl adjacent to an activating group) is 1. The first-order valence-corrected chi connectivity index (χ1v) is 6.62. The van der Waals surface area contributed by atoms with E-state index in [1.807, 2.05) is 0 Å². The van der Waals surface area contributed by atoms with Crippen LogP contribution in [0.25, 0.3) is 0 Å². The lowest BCUT2D eigenvalue weighted by Gasteiger charge is -2.51. The summed E-state index contributed by atoms with van der Waals surface area (Å²) in [4.78, 5) is 6.48. The minimum Gasteiger partial charge on any atom is -0.376 e. The Bertz CT molecular complexity index is 510. The van der Waals surface area contributed by atoms with E-state index in [4.69, 9.17) is 10.00 Å². The topological polar surface area (TPSA) is 61.2 Å². The van der Waals surface area contributed by atoms with Gasteiger partial charge in [0.05, 0.1) is 23.8 Å². The van der Waals surface area contributed by atoms with Crippen LogP contribution in [0.3, 0.4) is 0 Å². The molecule has 4 atom stereocenters. The maximum absolute atomic E-state index is 9.12. The molecule has 1 aliphatic heterocycles. The minimum atomic E-state index is 0.310. The van der Waals surface area contributed by atoms with Crippen LogP contribution in [0.15, 0.2) is 18.3 Å². The number of rotatable bonds is 3. The van der Waals surface area contributed by atoms with Crippen molar-refractivity contribution < 1.29 is 4.74 Å². The van der Waals surface area contributed by atoms with Gasteiger partial charge >= 0.3 is 0 Å². The van der Waals surface area contributed by atoms with Gasteiger partial charge in [0.15, 0.2) is 0 Å². The minimum absolute atomic E-state index is 0.310. The van der Waals surface area contributed by atoms with E-state index in [1.54, 1.807) is 18.3 Å². The molecule has 1 saturated heterocycles. The average Bonchev–Trinajstić information content (AvgIpc) is 2.79. The first kappa shape index (κ1) is 12.4. The first-order valence-electron chi connectivity index (χ1n) is 6.62. The molecule has 5 nitrogen and oxygen atoms in total. The van der Waals surface area contributed by atoms with Gasteiger partial charge in [-0.1, -0.05) is 0 Å². The van der Waals surface area contributed by atoms with Crippen LogP contribution in [0.2, 0.25) is 0 Å². The second kappa shape index (κ2) is 4.80. The molecule has 0 unspecified atom stereocenters. The second-order valence-electron chi connectivity index (χ2n) is 5.42. The quantitative estimate of drug-likeness (QED) is 0.879. The molecule has 19 heavy (non-hydrogen) atoms. The number of aromatic nitrogens is 1. The fraction of sp³-hybridized carbons (Fsp3) is 0.571. The summed E-state index contributed by atoms with van der Waals surface area (Å²) >= 11 is 0. The number of fused-ring (bicyclic) bond motifs is 1. The van der Waals surface area contributed by atoms with Crippen LogP contribution in [0.4, 0.5) is 5.82 Å². The van der Waals surface area contributed by atoms with Crippen molar-refractivity contribution in [1.29, 1.82) is 5.26 Å². The molecule has 0 spiro atoms. The molecule has 2 aliphatic rings. The zero-order chi connectivity index (χ0) is 13.4. The van der Waals surface area contributed by atoms with Crippen molar-refractivity contribution in [2.45, 2.75) is 24.6 Å². The molecule has 5 heteroatoms. The van der Waals surface area contributed by atoms with E-state index >= 15 is 0 Å². The van der Waals surface area contributed by atoms with E-state index in [2.05, 4.69) is 35.4 Å². The highest BCUT2D eigenvalue weighted by Crippen LogP contribution is 2.42. The van der Waals surface area contributed by atoms with Gasteiger partial charge in [0.25, 0.3) is 0 Å². The van der Waals surface area contributed by atoms with Gasteiger partial charge in [-0.25, -0.2) is 4.98 Å². The Kier molecular flexibility index (Phi) is 3.13. The van der Waals surface area contributed by atoms with Crippen LogP contribution >= 0.6 is 0 Å². The molecule has 1 aliphatic carbocycles. The summed E-state index contributed by atoms with van der Waals surface area (Å²) < 4.78 is 5.78. The maximum Gasteiger partial charge on any atom is 0.144 e. The monoisotopic (exact) mass is 258 g/mol. The molecule has 100 valence electrons. The molecule has 1 saturated carbocycles. The Morgan fingerprint density at radius 3 is 3.11 bits per heavy atom.